The number of ketones is 1. The summed E-state index contributed by atoms with van der Waals surface area (Å²) in [5, 5.41) is 12.9. The fraction of sp³-hybridized carbons (Fsp3) is 0.500. The van der Waals surface area contributed by atoms with E-state index in [0.717, 1.165) is 5.56 Å². The van der Waals surface area contributed by atoms with Gasteiger partial charge in [0.25, 0.3) is 0 Å². The number of primary amides is 1. The molecule has 0 radical (unpaired) electrons. The van der Waals surface area contributed by atoms with Gasteiger partial charge in [-0.2, -0.15) is 0 Å². The van der Waals surface area contributed by atoms with Gasteiger partial charge >= 0.3 is 6.09 Å². The maximum absolute atomic E-state index is 12.4. The van der Waals surface area contributed by atoms with Crippen molar-refractivity contribution in [1.82, 2.24) is 5.32 Å². The summed E-state index contributed by atoms with van der Waals surface area (Å²) < 4.78 is 5.12. The van der Waals surface area contributed by atoms with Gasteiger partial charge in [-0.05, 0) is 24.8 Å². The summed E-state index contributed by atoms with van der Waals surface area (Å²) in [6, 6.07) is 8.33. The number of hydrogen-bond donors (Lipinski definition) is 3. The molecule has 1 aromatic rings. The monoisotopic (exact) mass is 348 g/mol. The first-order valence-corrected chi connectivity index (χ1v) is 8.40. The molecule has 1 aromatic carbocycles. The zero-order chi connectivity index (χ0) is 18.4. The summed E-state index contributed by atoms with van der Waals surface area (Å²) >= 11 is 0. The number of aliphatic hydroxyl groups excluding tert-OH is 1. The van der Waals surface area contributed by atoms with E-state index in [1.807, 2.05) is 37.3 Å². The molecule has 2 amide bonds. The minimum atomic E-state index is -1.49. The summed E-state index contributed by atoms with van der Waals surface area (Å²) in [5.74, 6) is -1.35. The third kappa shape index (κ3) is 4.57. The number of rotatable bonds is 9. The van der Waals surface area contributed by atoms with Gasteiger partial charge in [-0.1, -0.05) is 43.7 Å². The molecule has 0 saturated heterocycles. The van der Waals surface area contributed by atoms with Crippen LogP contribution in [0.15, 0.2) is 30.3 Å². The number of alkyl carbamates (subject to hydrolysis) is 1. The Morgan fingerprint density at radius 2 is 1.92 bits per heavy atom. The van der Waals surface area contributed by atoms with Crippen LogP contribution in [0.25, 0.3) is 0 Å². The highest BCUT2D eigenvalue weighted by atomic mass is 16.5. The molecule has 7 nitrogen and oxygen atoms in total. The van der Waals surface area contributed by atoms with Gasteiger partial charge in [-0.3, -0.25) is 9.59 Å². The molecule has 0 heterocycles. The molecule has 0 aromatic heterocycles. The van der Waals surface area contributed by atoms with Crippen LogP contribution in [0.1, 0.15) is 38.2 Å². The molecule has 1 aliphatic carbocycles. The first-order chi connectivity index (χ1) is 11.9. The number of hydrogen-bond acceptors (Lipinski definition) is 5. The van der Waals surface area contributed by atoms with Crippen LogP contribution in [0.2, 0.25) is 0 Å². The lowest BCUT2D eigenvalue weighted by Gasteiger charge is -2.25. The second-order valence-electron chi connectivity index (χ2n) is 6.36. The number of nitrogens with one attached hydrogen (secondary N) is 1. The summed E-state index contributed by atoms with van der Waals surface area (Å²) in [5.41, 5.74) is 4.83. The van der Waals surface area contributed by atoms with Gasteiger partial charge < -0.3 is 20.9 Å². The molecule has 25 heavy (non-hydrogen) atoms. The van der Waals surface area contributed by atoms with E-state index >= 15 is 0 Å². The Bertz CT molecular complexity index is 628. The van der Waals surface area contributed by atoms with Gasteiger partial charge in [0, 0.05) is 0 Å². The van der Waals surface area contributed by atoms with Gasteiger partial charge in [-0.15, -0.1) is 0 Å². The van der Waals surface area contributed by atoms with E-state index in [0.29, 0.717) is 25.7 Å². The van der Waals surface area contributed by atoms with Gasteiger partial charge in [0.05, 0.1) is 6.04 Å². The van der Waals surface area contributed by atoms with Crippen LogP contribution < -0.4 is 11.1 Å². The summed E-state index contributed by atoms with van der Waals surface area (Å²) in [6.45, 7) is 1.95. The first kappa shape index (κ1) is 18.9. The third-order valence-electron chi connectivity index (χ3n) is 4.46. The van der Waals surface area contributed by atoms with E-state index in [1.165, 1.54) is 0 Å². The lowest BCUT2D eigenvalue weighted by atomic mass is 9.90. The molecule has 7 heteroatoms. The van der Waals surface area contributed by atoms with Crippen molar-refractivity contribution in [2.45, 2.75) is 51.4 Å². The molecule has 0 aliphatic heterocycles. The average Bonchev–Trinajstić information content (AvgIpc) is 3.41. The molecule has 2 rings (SSSR count). The number of Topliss-reactive ketones (excluding diaryl/α,β-unsaturated/α-hetero) is 1. The Labute approximate surface area is 146 Å². The minimum Gasteiger partial charge on any atom is -0.445 e. The predicted octanol–water partition coefficient (Wildman–Crippen LogP) is 1.28. The molecule has 0 spiro atoms. The molecular weight excluding hydrogens is 324 g/mol. The topological polar surface area (TPSA) is 119 Å². The highest BCUT2D eigenvalue weighted by Crippen LogP contribution is 2.47. The Kier molecular flexibility index (Phi) is 6.14. The molecular formula is C18H24N2O5. The van der Waals surface area contributed by atoms with E-state index in [1.54, 1.807) is 0 Å². The molecule has 0 bridgehead atoms. The number of benzene rings is 1. The van der Waals surface area contributed by atoms with Crippen molar-refractivity contribution in [1.29, 1.82) is 0 Å². The molecule has 1 fully saturated rings. The Balaban J connectivity index is 1.94. The smallest absolute Gasteiger partial charge is 0.407 e. The van der Waals surface area contributed by atoms with E-state index in [4.69, 9.17) is 10.5 Å². The van der Waals surface area contributed by atoms with Gasteiger partial charge in [0.15, 0.2) is 5.78 Å². The van der Waals surface area contributed by atoms with Gasteiger partial charge in [0.1, 0.15) is 18.1 Å². The van der Waals surface area contributed by atoms with Crippen molar-refractivity contribution >= 4 is 17.8 Å². The molecule has 2 atom stereocenters. The van der Waals surface area contributed by atoms with Crippen molar-refractivity contribution in [3.63, 3.8) is 0 Å². The number of carbonyl (C=O) groups excluding carboxylic acids is 3. The van der Waals surface area contributed by atoms with Crippen molar-refractivity contribution in [2.75, 3.05) is 0 Å². The average molecular weight is 348 g/mol. The Morgan fingerprint density at radius 1 is 1.28 bits per heavy atom. The van der Waals surface area contributed by atoms with Crippen LogP contribution >= 0.6 is 0 Å². The van der Waals surface area contributed by atoms with Gasteiger partial charge in [0.2, 0.25) is 5.91 Å². The second-order valence-corrected chi connectivity index (χ2v) is 6.36. The molecule has 2 unspecified atom stereocenters. The molecule has 4 N–H and O–H groups in total. The third-order valence-corrected chi connectivity index (χ3v) is 4.46. The number of carbonyl (C=O) groups is 3. The van der Waals surface area contributed by atoms with Crippen LogP contribution in [-0.4, -0.2) is 35.0 Å². The first-order valence-electron chi connectivity index (χ1n) is 8.40. The highest BCUT2D eigenvalue weighted by Gasteiger charge is 2.57. The SMILES string of the molecule is CCCC(NC(=O)OCc1ccccc1)C(O)C(=O)C1(C(N)=O)CC1. The molecule has 1 aliphatic rings. The van der Waals surface area contributed by atoms with Crippen LogP contribution in [0.4, 0.5) is 4.79 Å². The normalized spacial score (nSPS) is 17.2. The van der Waals surface area contributed by atoms with Crippen LogP contribution in [0, 0.1) is 5.41 Å². The summed E-state index contributed by atoms with van der Waals surface area (Å²) in [7, 11) is 0. The largest absolute Gasteiger partial charge is 0.445 e. The van der Waals surface area contributed by atoms with E-state index in [-0.39, 0.29) is 6.61 Å². The zero-order valence-electron chi connectivity index (χ0n) is 14.2. The standard InChI is InChI=1S/C18H24N2O5/c1-2-6-13(14(21)15(22)18(9-10-18)16(19)23)20-17(24)25-11-12-7-4-3-5-8-12/h3-5,7-8,13-14,21H,2,6,9-11H2,1H3,(H2,19,23)(H,20,24). The van der Waals surface area contributed by atoms with Crippen LogP contribution in [0.3, 0.4) is 0 Å². The van der Waals surface area contributed by atoms with E-state index in [2.05, 4.69) is 5.32 Å². The quantitative estimate of drug-likeness (QED) is 0.581. The maximum Gasteiger partial charge on any atom is 0.407 e. The minimum absolute atomic E-state index is 0.0841. The number of aliphatic hydroxyl groups is 1. The van der Waals surface area contributed by atoms with Crippen molar-refractivity contribution in [3.05, 3.63) is 35.9 Å². The van der Waals surface area contributed by atoms with E-state index < -0.39 is 35.3 Å². The lowest BCUT2D eigenvalue weighted by Crippen LogP contribution is -2.51. The lowest BCUT2D eigenvalue weighted by molar-refractivity contribution is -0.140. The number of amides is 2. The Hall–Kier alpha value is -2.41. The fourth-order valence-electron chi connectivity index (χ4n) is 2.74. The summed E-state index contributed by atoms with van der Waals surface area (Å²) in [4.78, 5) is 35.9. The van der Waals surface area contributed by atoms with Crippen molar-refractivity contribution < 1.29 is 24.2 Å². The fourth-order valence-corrected chi connectivity index (χ4v) is 2.74. The molecule has 1 saturated carbocycles. The predicted molar refractivity (Wildman–Crippen MR) is 90.3 cm³/mol. The van der Waals surface area contributed by atoms with Crippen LogP contribution in [-0.2, 0) is 20.9 Å². The van der Waals surface area contributed by atoms with Crippen molar-refractivity contribution in [3.8, 4) is 0 Å². The van der Waals surface area contributed by atoms with Gasteiger partial charge in [-0.25, -0.2) is 4.79 Å². The van der Waals surface area contributed by atoms with E-state index in [9.17, 15) is 19.5 Å². The summed E-state index contributed by atoms with van der Waals surface area (Å²) in [6.07, 6.45) is -0.512. The number of ether oxygens (including phenoxy) is 1. The second kappa shape index (κ2) is 8.11. The molecule has 136 valence electrons. The highest BCUT2D eigenvalue weighted by molar-refractivity contribution is 6.10. The van der Waals surface area contributed by atoms with Crippen LogP contribution in [0.5, 0.6) is 0 Å². The van der Waals surface area contributed by atoms with Crippen molar-refractivity contribution in [2.24, 2.45) is 11.1 Å². The Morgan fingerprint density at radius 3 is 2.44 bits per heavy atom. The zero-order valence-corrected chi connectivity index (χ0v) is 14.2. The maximum atomic E-state index is 12.4. The number of nitrogens with two attached hydrogens (primary N) is 1.